The van der Waals surface area contributed by atoms with E-state index < -0.39 is 0 Å². The highest BCUT2D eigenvalue weighted by Gasteiger charge is 2.03. The third-order valence-corrected chi connectivity index (χ3v) is 2.56. The van der Waals surface area contributed by atoms with Crippen molar-refractivity contribution in [1.82, 2.24) is 4.98 Å². The van der Waals surface area contributed by atoms with Crippen LogP contribution in [0.15, 0.2) is 16.7 Å². The summed E-state index contributed by atoms with van der Waals surface area (Å²) in [6.07, 6.45) is 3.82. The fourth-order valence-electron chi connectivity index (χ4n) is 1.21. The Morgan fingerprint density at radius 1 is 1.53 bits per heavy atom. The lowest BCUT2D eigenvalue weighted by Crippen LogP contribution is -2.02. The number of ether oxygens (including phenoxy) is 1. The summed E-state index contributed by atoms with van der Waals surface area (Å²) in [4.78, 5) is 4.10. The van der Waals surface area contributed by atoms with E-state index in [-0.39, 0.29) is 0 Å². The summed E-state index contributed by atoms with van der Waals surface area (Å²) in [6, 6.07) is 1.80. The molecule has 0 spiro atoms. The van der Waals surface area contributed by atoms with Crippen LogP contribution in [0.25, 0.3) is 0 Å². The number of rotatable bonds is 5. The number of nitrogens with zero attached hydrogens (tertiary/aromatic N) is 1. The van der Waals surface area contributed by atoms with Crippen molar-refractivity contribution in [2.45, 2.75) is 26.7 Å². The first-order valence-electron chi connectivity index (χ1n) is 5.13. The molecule has 0 aliphatic carbocycles. The van der Waals surface area contributed by atoms with Crippen LogP contribution >= 0.6 is 15.9 Å². The Bertz CT molecular complexity index is 315. The monoisotopic (exact) mass is 272 g/mol. The summed E-state index contributed by atoms with van der Waals surface area (Å²) in [7, 11) is 0. The predicted molar refractivity (Wildman–Crippen MR) is 65.9 cm³/mol. The SMILES string of the molecule is CC(C)CCCOc1ncc(N)cc1Br. The molecule has 0 radical (unpaired) electrons. The van der Waals surface area contributed by atoms with Gasteiger partial charge >= 0.3 is 0 Å². The van der Waals surface area contributed by atoms with Gasteiger partial charge in [-0.3, -0.25) is 0 Å². The van der Waals surface area contributed by atoms with Gasteiger partial charge in [0, 0.05) is 0 Å². The quantitative estimate of drug-likeness (QED) is 0.838. The van der Waals surface area contributed by atoms with Crippen molar-refractivity contribution < 1.29 is 4.74 Å². The molecule has 1 aromatic heterocycles. The van der Waals surface area contributed by atoms with Gasteiger partial charge in [-0.15, -0.1) is 0 Å². The van der Waals surface area contributed by atoms with Gasteiger partial charge in [-0.1, -0.05) is 13.8 Å². The highest BCUT2D eigenvalue weighted by Crippen LogP contribution is 2.24. The molecule has 0 saturated heterocycles. The van der Waals surface area contributed by atoms with E-state index in [4.69, 9.17) is 10.5 Å². The molecule has 0 bridgehead atoms. The molecule has 2 N–H and O–H groups in total. The molecule has 1 heterocycles. The highest BCUT2D eigenvalue weighted by atomic mass is 79.9. The summed E-state index contributed by atoms with van der Waals surface area (Å²) in [5, 5.41) is 0. The summed E-state index contributed by atoms with van der Waals surface area (Å²) in [5.41, 5.74) is 6.21. The van der Waals surface area contributed by atoms with Gasteiger partial charge in [0.25, 0.3) is 0 Å². The number of aromatic nitrogens is 1. The van der Waals surface area contributed by atoms with Gasteiger partial charge in [-0.25, -0.2) is 4.98 Å². The van der Waals surface area contributed by atoms with Crippen LogP contribution in [0.4, 0.5) is 5.69 Å². The van der Waals surface area contributed by atoms with Gasteiger partial charge < -0.3 is 10.5 Å². The van der Waals surface area contributed by atoms with Gasteiger partial charge in [0.05, 0.1) is 23.0 Å². The van der Waals surface area contributed by atoms with E-state index in [1.807, 2.05) is 0 Å². The van der Waals surface area contributed by atoms with E-state index in [0.29, 0.717) is 18.2 Å². The van der Waals surface area contributed by atoms with E-state index in [1.165, 1.54) is 6.42 Å². The lowest BCUT2D eigenvalue weighted by molar-refractivity contribution is 0.285. The third kappa shape index (κ3) is 4.51. The second-order valence-electron chi connectivity index (χ2n) is 3.94. The smallest absolute Gasteiger partial charge is 0.228 e. The molecular formula is C11H17BrN2O. The topological polar surface area (TPSA) is 48.1 Å². The first kappa shape index (κ1) is 12.3. The lowest BCUT2D eigenvalue weighted by Gasteiger charge is -2.08. The minimum absolute atomic E-state index is 0.618. The molecular weight excluding hydrogens is 256 g/mol. The molecule has 0 aromatic carbocycles. The number of nitrogen functional groups attached to an aromatic ring is 1. The number of nitrogens with two attached hydrogens (primary N) is 1. The van der Waals surface area contributed by atoms with E-state index in [2.05, 4.69) is 34.8 Å². The Morgan fingerprint density at radius 2 is 2.27 bits per heavy atom. The zero-order chi connectivity index (χ0) is 11.3. The van der Waals surface area contributed by atoms with Crippen LogP contribution in [-0.4, -0.2) is 11.6 Å². The highest BCUT2D eigenvalue weighted by molar-refractivity contribution is 9.10. The van der Waals surface area contributed by atoms with Crippen molar-refractivity contribution in [3.63, 3.8) is 0 Å². The number of hydrogen-bond donors (Lipinski definition) is 1. The molecule has 0 amide bonds. The molecule has 0 aliphatic heterocycles. The number of hydrogen-bond acceptors (Lipinski definition) is 3. The van der Waals surface area contributed by atoms with Crippen LogP contribution in [0.1, 0.15) is 26.7 Å². The van der Waals surface area contributed by atoms with E-state index in [9.17, 15) is 0 Å². The normalized spacial score (nSPS) is 10.7. The molecule has 0 fully saturated rings. The first-order valence-corrected chi connectivity index (χ1v) is 5.92. The molecule has 0 saturated carbocycles. The molecule has 0 atom stereocenters. The Labute approximate surface area is 99.2 Å². The Hall–Kier alpha value is -0.770. The second-order valence-corrected chi connectivity index (χ2v) is 4.79. The van der Waals surface area contributed by atoms with Crippen molar-refractivity contribution in [2.24, 2.45) is 5.92 Å². The van der Waals surface area contributed by atoms with Crippen molar-refractivity contribution in [1.29, 1.82) is 0 Å². The summed E-state index contributed by atoms with van der Waals surface area (Å²) >= 11 is 3.36. The molecule has 15 heavy (non-hydrogen) atoms. The Morgan fingerprint density at radius 3 is 2.87 bits per heavy atom. The fourth-order valence-corrected chi connectivity index (χ4v) is 1.69. The summed E-state index contributed by atoms with van der Waals surface area (Å²) < 4.78 is 6.34. The number of pyridine rings is 1. The predicted octanol–water partition coefficient (Wildman–Crippen LogP) is 3.24. The molecule has 4 heteroatoms. The fraction of sp³-hybridized carbons (Fsp3) is 0.545. The maximum atomic E-state index is 5.57. The average molecular weight is 273 g/mol. The van der Waals surface area contributed by atoms with Crippen molar-refractivity contribution in [2.75, 3.05) is 12.3 Å². The minimum atomic E-state index is 0.618. The van der Waals surface area contributed by atoms with Crippen LogP contribution < -0.4 is 10.5 Å². The summed E-state index contributed by atoms with van der Waals surface area (Å²) in [5.74, 6) is 1.34. The van der Waals surface area contributed by atoms with Gasteiger partial charge in [-0.2, -0.15) is 0 Å². The Balaban J connectivity index is 2.37. The largest absolute Gasteiger partial charge is 0.477 e. The maximum absolute atomic E-state index is 5.57. The van der Waals surface area contributed by atoms with Crippen LogP contribution in [0, 0.1) is 5.92 Å². The zero-order valence-corrected chi connectivity index (χ0v) is 10.8. The lowest BCUT2D eigenvalue weighted by atomic mass is 10.1. The summed E-state index contributed by atoms with van der Waals surface area (Å²) in [6.45, 7) is 5.11. The third-order valence-electron chi connectivity index (χ3n) is 1.99. The van der Waals surface area contributed by atoms with Crippen LogP contribution in [0.5, 0.6) is 5.88 Å². The number of halogens is 1. The van der Waals surface area contributed by atoms with Gasteiger partial charge in [0.15, 0.2) is 0 Å². The van der Waals surface area contributed by atoms with Gasteiger partial charge in [0.2, 0.25) is 5.88 Å². The minimum Gasteiger partial charge on any atom is -0.477 e. The maximum Gasteiger partial charge on any atom is 0.228 e. The van der Waals surface area contributed by atoms with E-state index in [0.717, 1.165) is 16.8 Å². The molecule has 0 aliphatic rings. The van der Waals surface area contributed by atoms with Crippen molar-refractivity contribution >= 4 is 21.6 Å². The Kier molecular flexibility index (Phi) is 4.88. The van der Waals surface area contributed by atoms with Crippen molar-refractivity contribution in [3.8, 4) is 5.88 Å². The molecule has 1 rings (SSSR count). The van der Waals surface area contributed by atoms with E-state index in [1.54, 1.807) is 12.3 Å². The van der Waals surface area contributed by atoms with Gasteiger partial charge in [-0.05, 0) is 40.8 Å². The number of anilines is 1. The molecule has 0 unspecified atom stereocenters. The van der Waals surface area contributed by atoms with Gasteiger partial charge in [0.1, 0.15) is 0 Å². The van der Waals surface area contributed by atoms with E-state index >= 15 is 0 Å². The molecule has 1 aromatic rings. The average Bonchev–Trinajstić information content (AvgIpc) is 2.14. The van der Waals surface area contributed by atoms with Crippen LogP contribution in [0.3, 0.4) is 0 Å². The molecule has 84 valence electrons. The second kappa shape index (κ2) is 5.95. The van der Waals surface area contributed by atoms with Crippen molar-refractivity contribution in [3.05, 3.63) is 16.7 Å². The van der Waals surface area contributed by atoms with Crippen LogP contribution in [0.2, 0.25) is 0 Å². The van der Waals surface area contributed by atoms with Crippen LogP contribution in [-0.2, 0) is 0 Å². The first-order chi connectivity index (χ1) is 7.09. The standard InChI is InChI=1S/C11H17BrN2O/c1-8(2)4-3-5-15-11-10(12)6-9(13)7-14-11/h6-8H,3-5,13H2,1-2H3. The molecule has 3 nitrogen and oxygen atoms in total. The zero-order valence-electron chi connectivity index (χ0n) is 9.16.